The minimum Gasteiger partial charge on any atom is -0.350 e. The van der Waals surface area contributed by atoms with E-state index in [2.05, 4.69) is 35.4 Å². The number of nitrogens with zero attached hydrogens (tertiary/aromatic N) is 1. The lowest BCUT2D eigenvalue weighted by Gasteiger charge is -2.18. The van der Waals surface area contributed by atoms with Crippen LogP contribution in [0.15, 0.2) is 29.8 Å². The second kappa shape index (κ2) is 4.20. The van der Waals surface area contributed by atoms with E-state index in [0.717, 1.165) is 12.1 Å². The fourth-order valence-electron chi connectivity index (χ4n) is 2.77. The van der Waals surface area contributed by atoms with Crippen LogP contribution in [0.2, 0.25) is 0 Å². The molecule has 5 heteroatoms. The summed E-state index contributed by atoms with van der Waals surface area (Å²) in [4.78, 5) is 13.8. The Hall–Kier alpha value is -1.62. The number of thiophene rings is 1. The third-order valence-corrected chi connectivity index (χ3v) is 5.10. The van der Waals surface area contributed by atoms with Crippen molar-refractivity contribution in [3.63, 3.8) is 0 Å². The molecule has 0 saturated heterocycles. The largest absolute Gasteiger partial charge is 0.350 e. The number of carbonyl (C=O) groups excluding carboxylic acids is 1. The maximum absolute atomic E-state index is 12.6. The highest BCUT2D eigenvalue weighted by Crippen LogP contribution is 2.65. The van der Waals surface area contributed by atoms with E-state index >= 15 is 0 Å². The highest BCUT2D eigenvalue weighted by atomic mass is 32.1. The van der Waals surface area contributed by atoms with Gasteiger partial charge in [-0.2, -0.15) is 5.10 Å². The van der Waals surface area contributed by atoms with Crippen LogP contribution in [0.4, 0.5) is 0 Å². The smallest absolute Gasteiger partial charge is 0.232 e. The highest BCUT2D eigenvalue weighted by Gasteiger charge is 2.67. The minimum atomic E-state index is -0.346. The third-order valence-electron chi connectivity index (χ3n) is 4.06. The topological polar surface area (TPSA) is 57.8 Å². The van der Waals surface area contributed by atoms with E-state index in [1.165, 1.54) is 4.88 Å². The van der Waals surface area contributed by atoms with Crippen molar-refractivity contribution in [1.82, 2.24) is 15.5 Å². The van der Waals surface area contributed by atoms with Crippen LogP contribution in [0, 0.1) is 5.41 Å². The van der Waals surface area contributed by atoms with Crippen molar-refractivity contribution in [1.29, 1.82) is 0 Å². The average molecular weight is 275 g/mol. The number of nitrogens with one attached hydrogen (secondary N) is 2. The van der Waals surface area contributed by atoms with Crippen LogP contribution in [0.25, 0.3) is 0 Å². The summed E-state index contributed by atoms with van der Waals surface area (Å²) in [7, 11) is 0. The SMILES string of the molecule is CC1(C)C[C@@]1(C(=O)NCc1ccn[nH]1)c1cccs1. The van der Waals surface area contributed by atoms with Crippen molar-refractivity contribution in [3.8, 4) is 0 Å². The second-order valence-corrected chi connectivity index (χ2v) is 6.66. The Morgan fingerprint density at radius 2 is 2.32 bits per heavy atom. The van der Waals surface area contributed by atoms with Crippen molar-refractivity contribution in [2.45, 2.75) is 32.2 Å². The summed E-state index contributed by atoms with van der Waals surface area (Å²) in [6, 6.07) is 5.95. The molecule has 3 rings (SSSR count). The number of hydrogen-bond acceptors (Lipinski definition) is 3. The molecule has 2 aromatic heterocycles. The first-order chi connectivity index (χ1) is 9.06. The Bertz CT molecular complexity index is 574. The molecule has 0 unspecified atom stereocenters. The average Bonchev–Trinajstić information content (AvgIpc) is 2.91. The number of aromatic amines is 1. The van der Waals surface area contributed by atoms with Gasteiger partial charge in [0.15, 0.2) is 0 Å². The zero-order valence-corrected chi connectivity index (χ0v) is 11.9. The predicted octanol–water partition coefficient (Wildman–Crippen LogP) is 2.46. The van der Waals surface area contributed by atoms with Gasteiger partial charge in [0.2, 0.25) is 5.91 Å². The maximum Gasteiger partial charge on any atom is 0.232 e. The van der Waals surface area contributed by atoms with Crippen LogP contribution in [0.5, 0.6) is 0 Å². The molecule has 1 fully saturated rings. The lowest BCUT2D eigenvalue weighted by molar-refractivity contribution is -0.124. The van der Waals surface area contributed by atoms with Gasteiger partial charge < -0.3 is 5.32 Å². The molecule has 1 aliphatic rings. The zero-order chi connectivity index (χ0) is 13.5. The standard InChI is InChI=1S/C14H17N3OS/c1-13(2)9-14(13,11-4-3-7-19-11)12(18)15-8-10-5-6-16-17-10/h3-7H,8-9H2,1-2H3,(H,15,18)(H,16,17)/t14-/m0/s1. The van der Waals surface area contributed by atoms with Gasteiger partial charge in [0, 0.05) is 11.1 Å². The number of H-pyrrole nitrogens is 1. The fourth-order valence-corrected chi connectivity index (χ4v) is 3.87. The first-order valence-corrected chi connectivity index (χ1v) is 7.25. The third kappa shape index (κ3) is 1.89. The lowest BCUT2D eigenvalue weighted by Crippen LogP contribution is -2.37. The molecule has 2 N–H and O–H groups in total. The van der Waals surface area contributed by atoms with Gasteiger partial charge in [-0.05, 0) is 29.3 Å². The van der Waals surface area contributed by atoms with Crippen molar-refractivity contribution in [3.05, 3.63) is 40.3 Å². The number of amides is 1. The van der Waals surface area contributed by atoms with E-state index in [-0.39, 0.29) is 16.7 Å². The summed E-state index contributed by atoms with van der Waals surface area (Å²) in [5, 5.41) is 11.8. The van der Waals surface area contributed by atoms with Gasteiger partial charge in [-0.1, -0.05) is 19.9 Å². The van der Waals surface area contributed by atoms with Crippen molar-refractivity contribution in [2.75, 3.05) is 0 Å². The first kappa shape index (κ1) is 12.4. The highest BCUT2D eigenvalue weighted by molar-refractivity contribution is 7.10. The predicted molar refractivity (Wildman–Crippen MR) is 74.8 cm³/mol. The maximum atomic E-state index is 12.6. The molecule has 100 valence electrons. The quantitative estimate of drug-likeness (QED) is 0.900. The van der Waals surface area contributed by atoms with Gasteiger partial charge in [0.25, 0.3) is 0 Å². The van der Waals surface area contributed by atoms with Crippen LogP contribution >= 0.6 is 11.3 Å². The first-order valence-electron chi connectivity index (χ1n) is 6.37. The number of rotatable bonds is 4. The van der Waals surface area contributed by atoms with E-state index in [1.807, 2.05) is 17.5 Å². The molecule has 0 radical (unpaired) electrons. The van der Waals surface area contributed by atoms with Gasteiger partial charge >= 0.3 is 0 Å². The van der Waals surface area contributed by atoms with Gasteiger partial charge in [-0.3, -0.25) is 9.89 Å². The molecule has 1 atom stereocenters. The molecule has 0 bridgehead atoms. The molecule has 19 heavy (non-hydrogen) atoms. The summed E-state index contributed by atoms with van der Waals surface area (Å²) in [5.74, 6) is 0.120. The van der Waals surface area contributed by atoms with Crippen molar-refractivity contribution in [2.24, 2.45) is 5.41 Å². The van der Waals surface area contributed by atoms with Crippen molar-refractivity contribution < 1.29 is 4.79 Å². The Morgan fingerprint density at radius 3 is 2.84 bits per heavy atom. The van der Waals surface area contributed by atoms with E-state index in [0.29, 0.717) is 6.54 Å². The van der Waals surface area contributed by atoms with Crippen molar-refractivity contribution >= 4 is 17.2 Å². The van der Waals surface area contributed by atoms with E-state index in [1.54, 1.807) is 17.5 Å². The fraction of sp³-hybridized carbons (Fsp3) is 0.429. The zero-order valence-electron chi connectivity index (χ0n) is 11.1. The van der Waals surface area contributed by atoms with E-state index in [4.69, 9.17) is 0 Å². The Balaban J connectivity index is 1.77. The summed E-state index contributed by atoms with van der Waals surface area (Å²) in [6.45, 7) is 4.81. The summed E-state index contributed by atoms with van der Waals surface area (Å²) in [6.07, 6.45) is 2.60. The number of carbonyl (C=O) groups is 1. The van der Waals surface area contributed by atoms with E-state index in [9.17, 15) is 4.79 Å². The summed E-state index contributed by atoms with van der Waals surface area (Å²) < 4.78 is 0. The molecule has 0 aliphatic heterocycles. The second-order valence-electron chi connectivity index (χ2n) is 5.71. The van der Waals surface area contributed by atoms with Crippen LogP contribution in [0.1, 0.15) is 30.8 Å². The van der Waals surface area contributed by atoms with Gasteiger partial charge in [0.1, 0.15) is 0 Å². The molecule has 1 amide bonds. The van der Waals surface area contributed by atoms with Crippen LogP contribution < -0.4 is 5.32 Å². The van der Waals surface area contributed by atoms with E-state index < -0.39 is 0 Å². The molecular weight excluding hydrogens is 258 g/mol. The molecular formula is C14H17N3OS. The van der Waals surface area contributed by atoms with Gasteiger partial charge in [-0.15, -0.1) is 11.3 Å². The number of aromatic nitrogens is 2. The van der Waals surface area contributed by atoms with Crippen LogP contribution in [-0.2, 0) is 16.8 Å². The monoisotopic (exact) mass is 275 g/mol. The summed E-state index contributed by atoms with van der Waals surface area (Å²) >= 11 is 1.67. The Labute approximate surface area is 116 Å². The molecule has 1 aliphatic carbocycles. The normalized spacial score (nSPS) is 24.1. The van der Waals surface area contributed by atoms with Gasteiger partial charge in [-0.25, -0.2) is 0 Å². The molecule has 0 spiro atoms. The summed E-state index contributed by atoms with van der Waals surface area (Å²) in [5.41, 5.74) is 0.616. The van der Waals surface area contributed by atoms with Gasteiger partial charge in [0.05, 0.1) is 17.7 Å². The molecule has 4 nitrogen and oxygen atoms in total. The Kier molecular flexibility index (Phi) is 2.74. The molecule has 0 aromatic carbocycles. The Morgan fingerprint density at radius 1 is 1.53 bits per heavy atom. The molecule has 2 heterocycles. The lowest BCUT2D eigenvalue weighted by atomic mass is 9.93. The van der Waals surface area contributed by atoms with Crippen LogP contribution in [-0.4, -0.2) is 16.1 Å². The molecule has 1 saturated carbocycles. The molecule has 2 aromatic rings. The minimum absolute atomic E-state index is 0.0376. The number of hydrogen-bond donors (Lipinski definition) is 2. The van der Waals surface area contributed by atoms with Crippen LogP contribution in [0.3, 0.4) is 0 Å².